The van der Waals surface area contributed by atoms with E-state index in [1.54, 1.807) is 13.0 Å². The molecule has 1 aliphatic rings. The predicted molar refractivity (Wildman–Crippen MR) is 51.0 cm³/mol. The van der Waals surface area contributed by atoms with Crippen LogP contribution in [0.2, 0.25) is 0 Å². The zero-order valence-corrected chi connectivity index (χ0v) is 8.11. The molecule has 1 nitrogen and oxygen atoms in total. The monoisotopic (exact) mass is 197 g/mol. The molecule has 0 radical (unpaired) electrons. The van der Waals surface area contributed by atoms with Gasteiger partial charge < -0.3 is 5.73 Å². The van der Waals surface area contributed by atoms with Crippen molar-refractivity contribution in [3.8, 4) is 0 Å². The topological polar surface area (TPSA) is 26.0 Å². The van der Waals surface area contributed by atoms with E-state index >= 15 is 0 Å². The van der Waals surface area contributed by atoms with E-state index in [2.05, 4.69) is 0 Å². The average Bonchev–Trinajstić information content (AvgIpc) is 2.79. The first kappa shape index (κ1) is 9.59. The van der Waals surface area contributed by atoms with Crippen LogP contribution in [0.3, 0.4) is 0 Å². The Balaban J connectivity index is 2.32. The predicted octanol–water partition coefficient (Wildman–Crippen LogP) is 2.31. The fourth-order valence-corrected chi connectivity index (χ4v) is 1.64. The third kappa shape index (κ3) is 1.77. The summed E-state index contributed by atoms with van der Waals surface area (Å²) in [6.07, 6.45) is 2.25. The number of hydrogen-bond acceptors (Lipinski definition) is 1. The second-order valence-corrected chi connectivity index (χ2v) is 4.26. The van der Waals surface area contributed by atoms with Crippen molar-refractivity contribution in [2.24, 2.45) is 5.73 Å². The first-order valence-corrected chi connectivity index (χ1v) is 4.74. The van der Waals surface area contributed by atoms with E-state index < -0.39 is 11.6 Å². The van der Waals surface area contributed by atoms with Gasteiger partial charge in [-0.3, -0.25) is 0 Å². The van der Waals surface area contributed by atoms with Gasteiger partial charge in [0, 0.05) is 5.54 Å². The van der Waals surface area contributed by atoms with Gasteiger partial charge in [-0.05, 0) is 43.4 Å². The molecular formula is C11H13F2N. The fraction of sp³-hybridized carbons (Fsp3) is 0.455. The van der Waals surface area contributed by atoms with Crippen molar-refractivity contribution < 1.29 is 8.78 Å². The van der Waals surface area contributed by atoms with Gasteiger partial charge in [0.05, 0.1) is 0 Å². The summed E-state index contributed by atoms with van der Waals surface area (Å²) in [6, 6.07) is 2.88. The largest absolute Gasteiger partial charge is 0.325 e. The standard InChI is InChI=1S/C11H13F2N/c1-7-4-8(6-11(14)2-3-11)10(13)9(12)5-7/h4-5H,2-3,6,14H2,1H3. The molecule has 0 saturated heterocycles. The molecule has 1 fully saturated rings. The van der Waals surface area contributed by atoms with Gasteiger partial charge in [-0.15, -0.1) is 0 Å². The van der Waals surface area contributed by atoms with Crippen molar-refractivity contribution >= 4 is 0 Å². The molecule has 0 bridgehead atoms. The molecule has 3 heteroatoms. The summed E-state index contributed by atoms with van der Waals surface area (Å²) in [6.45, 7) is 1.75. The molecule has 1 aromatic rings. The summed E-state index contributed by atoms with van der Waals surface area (Å²) >= 11 is 0. The van der Waals surface area contributed by atoms with Crippen molar-refractivity contribution in [2.45, 2.75) is 31.7 Å². The van der Waals surface area contributed by atoms with E-state index in [1.807, 2.05) is 0 Å². The maximum Gasteiger partial charge on any atom is 0.162 e. The van der Waals surface area contributed by atoms with Crippen molar-refractivity contribution in [3.05, 3.63) is 34.9 Å². The van der Waals surface area contributed by atoms with Crippen LogP contribution in [0.5, 0.6) is 0 Å². The van der Waals surface area contributed by atoms with E-state index in [0.717, 1.165) is 18.4 Å². The van der Waals surface area contributed by atoms with Gasteiger partial charge >= 0.3 is 0 Å². The van der Waals surface area contributed by atoms with Gasteiger partial charge in [0.1, 0.15) is 0 Å². The summed E-state index contributed by atoms with van der Waals surface area (Å²) in [5.41, 5.74) is 6.73. The zero-order chi connectivity index (χ0) is 10.3. The minimum absolute atomic E-state index is 0.277. The Labute approximate surface area is 81.9 Å². The molecule has 14 heavy (non-hydrogen) atoms. The van der Waals surface area contributed by atoms with Crippen molar-refractivity contribution in [3.63, 3.8) is 0 Å². The highest BCUT2D eigenvalue weighted by molar-refractivity contribution is 5.28. The smallest absolute Gasteiger partial charge is 0.162 e. The zero-order valence-electron chi connectivity index (χ0n) is 8.11. The molecule has 2 N–H and O–H groups in total. The second kappa shape index (κ2) is 3.02. The molecular weight excluding hydrogens is 184 g/mol. The van der Waals surface area contributed by atoms with Crippen LogP contribution in [-0.4, -0.2) is 5.54 Å². The minimum atomic E-state index is -0.774. The molecule has 0 spiro atoms. The van der Waals surface area contributed by atoms with Gasteiger partial charge in [-0.25, -0.2) is 8.78 Å². The van der Waals surface area contributed by atoms with E-state index in [0.29, 0.717) is 12.0 Å². The summed E-state index contributed by atoms with van der Waals surface area (Å²) in [5, 5.41) is 0. The van der Waals surface area contributed by atoms with Crippen LogP contribution in [0.25, 0.3) is 0 Å². The molecule has 0 amide bonds. The highest BCUT2D eigenvalue weighted by Crippen LogP contribution is 2.36. The lowest BCUT2D eigenvalue weighted by atomic mass is 10.0. The fourth-order valence-electron chi connectivity index (χ4n) is 1.64. The molecule has 0 heterocycles. The molecule has 0 aliphatic heterocycles. The molecule has 0 atom stereocenters. The molecule has 1 aliphatic carbocycles. The van der Waals surface area contributed by atoms with Gasteiger partial charge in [-0.2, -0.15) is 0 Å². The number of aryl methyl sites for hydroxylation is 1. The summed E-state index contributed by atoms with van der Waals surface area (Å²) < 4.78 is 26.3. The maximum absolute atomic E-state index is 13.3. The number of nitrogens with two attached hydrogens (primary N) is 1. The Bertz CT molecular complexity index is 370. The van der Waals surface area contributed by atoms with E-state index in [4.69, 9.17) is 5.73 Å². The summed E-state index contributed by atoms with van der Waals surface area (Å²) in [5.74, 6) is -1.52. The van der Waals surface area contributed by atoms with Crippen LogP contribution in [0.1, 0.15) is 24.0 Å². The Morgan fingerprint density at radius 2 is 2.00 bits per heavy atom. The molecule has 2 rings (SSSR count). The Morgan fingerprint density at radius 1 is 1.36 bits per heavy atom. The molecule has 0 aromatic heterocycles. The number of rotatable bonds is 2. The van der Waals surface area contributed by atoms with Crippen LogP contribution < -0.4 is 5.73 Å². The molecule has 1 aromatic carbocycles. The Kier molecular flexibility index (Phi) is 2.07. The third-order valence-electron chi connectivity index (χ3n) is 2.68. The van der Waals surface area contributed by atoms with Crippen LogP contribution in [0, 0.1) is 18.6 Å². The number of hydrogen-bond donors (Lipinski definition) is 1. The van der Waals surface area contributed by atoms with Crippen molar-refractivity contribution in [1.29, 1.82) is 0 Å². The highest BCUT2D eigenvalue weighted by atomic mass is 19.2. The number of benzene rings is 1. The van der Waals surface area contributed by atoms with Crippen LogP contribution in [-0.2, 0) is 6.42 Å². The van der Waals surface area contributed by atoms with Gasteiger partial charge in [-0.1, -0.05) is 6.07 Å². The van der Waals surface area contributed by atoms with Crippen LogP contribution in [0.15, 0.2) is 12.1 Å². The van der Waals surface area contributed by atoms with Gasteiger partial charge in [0.2, 0.25) is 0 Å². The lowest BCUT2D eigenvalue weighted by Crippen LogP contribution is -2.25. The van der Waals surface area contributed by atoms with E-state index in [9.17, 15) is 8.78 Å². The summed E-state index contributed by atoms with van der Waals surface area (Å²) in [4.78, 5) is 0. The first-order chi connectivity index (χ1) is 6.50. The maximum atomic E-state index is 13.3. The summed E-state index contributed by atoms with van der Waals surface area (Å²) in [7, 11) is 0. The minimum Gasteiger partial charge on any atom is -0.325 e. The number of halogens is 2. The third-order valence-corrected chi connectivity index (χ3v) is 2.68. The normalized spacial score (nSPS) is 18.3. The van der Waals surface area contributed by atoms with Crippen molar-refractivity contribution in [2.75, 3.05) is 0 Å². The lowest BCUT2D eigenvalue weighted by Gasteiger charge is -2.10. The SMILES string of the molecule is Cc1cc(F)c(F)c(CC2(N)CC2)c1. The van der Waals surface area contributed by atoms with Crippen molar-refractivity contribution in [1.82, 2.24) is 0 Å². The molecule has 1 saturated carbocycles. The molecule has 0 unspecified atom stereocenters. The van der Waals surface area contributed by atoms with Crippen LogP contribution in [0.4, 0.5) is 8.78 Å². The average molecular weight is 197 g/mol. The van der Waals surface area contributed by atoms with Gasteiger partial charge in [0.25, 0.3) is 0 Å². The Hall–Kier alpha value is -0.960. The first-order valence-electron chi connectivity index (χ1n) is 4.74. The van der Waals surface area contributed by atoms with Gasteiger partial charge in [0.15, 0.2) is 11.6 Å². The molecule has 76 valence electrons. The highest BCUT2D eigenvalue weighted by Gasteiger charge is 2.38. The quantitative estimate of drug-likeness (QED) is 0.773. The second-order valence-electron chi connectivity index (χ2n) is 4.26. The van der Waals surface area contributed by atoms with E-state index in [-0.39, 0.29) is 5.54 Å². The van der Waals surface area contributed by atoms with Crippen LogP contribution >= 0.6 is 0 Å². The lowest BCUT2D eigenvalue weighted by molar-refractivity contribution is 0.490. The Morgan fingerprint density at radius 3 is 2.57 bits per heavy atom. The van der Waals surface area contributed by atoms with E-state index in [1.165, 1.54) is 6.07 Å².